The zero-order valence-electron chi connectivity index (χ0n) is 8.32. The van der Waals surface area contributed by atoms with Crippen LogP contribution in [0.4, 0.5) is 14.6 Å². The molecule has 0 radical (unpaired) electrons. The SMILES string of the molecule is CSc1nc(Cl)cc(NCC(O)C(F)F)n1. The first-order valence-electron chi connectivity index (χ1n) is 4.31. The van der Waals surface area contributed by atoms with E-state index >= 15 is 0 Å². The molecule has 1 aromatic heterocycles. The van der Waals surface area contributed by atoms with Crippen LogP contribution < -0.4 is 5.32 Å². The van der Waals surface area contributed by atoms with Crippen molar-refractivity contribution in [2.75, 3.05) is 18.1 Å². The fourth-order valence-electron chi connectivity index (χ4n) is 0.877. The summed E-state index contributed by atoms with van der Waals surface area (Å²) in [6, 6.07) is 1.40. The van der Waals surface area contributed by atoms with Crippen LogP contribution in [0.2, 0.25) is 5.15 Å². The molecular formula is C8H10ClF2N3OS. The van der Waals surface area contributed by atoms with Gasteiger partial charge in [0.1, 0.15) is 17.1 Å². The maximum atomic E-state index is 12.0. The van der Waals surface area contributed by atoms with Crippen LogP contribution in [0.3, 0.4) is 0 Å². The molecule has 0 saturated carbocycles. The number of nitrogens with one attached hydrogen (secondary N) is 1. The summed E-state index contributed by atoms with van der Waals surface area (Å²) >= 11 is 6.97. The molecule has 2 N–H and O–H groups in total. The van der Waals surface area contributed by atoms with E-state index in [9.17, 15) is 8.78 Å². The Morgan fingerprint density at radius 2 is 2.25 bits per heavy atom. The van der Waals surface area contributed by atoms with Gasteiger partial charge in [0.25, 0.3) is 6.43 Å². The number of aliphatic hydroxyl groups excluding tert-OH is 1. The van der Waals surface area contributed by atoms with Gasteiger partial charge in [-0.3, -0.25) is 0 Å². The summed E-state index contributed by atoms with van der Waals surface area (Å²) in [4.78, 5) is 7.86. The summed E-state index contributed by atoms with van der Waals surface area (Å²) in [5.74, 6) is 0.309. The van der Waals surface area contributed by atoms with Gasteiger partial charge >= 0.3 is 0 Å². The van der Waals surface area contributed by atoms with E-state index in [1.807, 2.05) is 0 Å². The van der Waals surface area contributed by atoms with Gasteiger partial charge in [0.2, 0.25) is 0 Å². The number of hydrogen-bond acceptors (Lipinski definition) is 5. The normalized spacial score (nSPS) is 12.9. The van der Waals surface area contributed by atoms with Crippen LogP contribution in [0.25, 0.3) is 0 Å². The van der Waals surface area contributed by atoms with Crippen molar-refractivity contribution in [2.45, 2.75) is 17.7 Å². The monoisotopic (exact) mass is 269 g/mol. The second-order valence-electron chi connectivity index (χ2n) is 2.85. The molecule has 0 spiro atoms. The van der Waals surface area contributed by atoms with E-state index in [1.54, 1.807) is 6.26 Å². The summed E-state index contributed by atoms with van der Waals surface area (Å²) in [6.07, 6.45) is -2.75. The van der Waals surface area contributed by atoms with Gasteiger partial charge in [-0.15, -0.1) is 0 Å². The average Bonchev–Trinajstić information content (AvgIpc) is 2.24. The fourth-order valence-corrected chi connectivity index (χ4v) is 1.49. The largest absolute Gasteiger partial charge is 0.385 e. The summed E-state index contributed by atoms with van der Waals surface area (Å²) in [7, 11) is 0. The zero-order valence-corrected chi connectivity index (χ0v) is 9.90. The minimum Gasteiger partial charge on any atom is -0.385 e. The molecule has 0 bridgehead atoms. The second kappa shape index (κ2) is 6.17. The predicted molar refractivity (Wildman–Crippen MR) is 59.3 cm³/mol. The Hall–Kier alpha value is -0.660. The number of aromatic nitrogens is 2. The molecule has 16 heavy (non-hydrogen) atoms. The van der Waals surface area contributed by atoms with Gasteiger partial charge in [-0.1, -0.05) is 23.4 Å². The molecule has 0 amide bonds. The molecule has 0 fully saturated rings. The van der Waals surface area contributed by atoms with Gasteiger partial charge in [0.15, 0.2) is 5.16 Å². The summed E-state index contributed by atoms with van der Waals surface area (Å²) in [5, 5.41) is 12.1. The quantitative estimate of drug-likeness (QED) is 0.486. The van der Waals surface area contributed by atoms with Crippen molar-refractivity contribution < 1.29 is 13.9 Å². The van der Waals surface area contributed by atoms with Crippen molar-refractivity contribution in [3.8, 4) is 0 Å². The Morgan fingerprint density at radius 1 is 1.56 bits per heavy atom. The molecule has 0 saturated heterocycles. The maximum absolute atomic E-state index is 12.0. The lowest BCUT2D eigenvalue weighted by atomic mass is 10.3. The highest BCUT2D eigenvalue weighted by Crippen LogP contribution is 2.17. The van der Waals surface area contributed by atoms with Crippen LogP contribution >= 0.6 is 23.4 Å². The highest BCUT2D eigenvalue weighted by atomic mass is 35.5. The number of hydrogen-bond donors (Lipinski definition) is 2. The topological polar surface area (TPSA) is 58.0 Å². The van der Waals surface area contributed by atoms with Crippen molar-refractivity contribution in [3.63, 3.8) is 0 Å². The van der Waals surface area contributed by atoms with Crippen molar-refractivity contribution in [1.29, 1.82) is 0 Å². The van der Waals surface area contributed by atoms with E-state index in [2.05, 4.69) is 15.3 Å². The molecular weight excluding hydrogens is 260 g/mol. The number of rotatable bonds is 5. The third-order valence-electron chi connectivity index (χ3n) is 1.64. The standard InChI is InChI=1S/C8H10ClF2N3OS/c1-16-8-13-5(9)2-6(14-8)12-3-4(15)7(10)11/h2,4,7,15H,3H2,1H3,(H,12,13,14). The van der Waals surface area contributed by atoms with Gasteiger partial charge in [-0.05, 0) is 6.26 Å². The lowest BCUT2D eigenvalue weighted by Gasteiger charge is -2.11. The molecule has 0 aliphatic carbocycles. The van der Waals surface area contributed by atoms with E-state index in [0.29, 0.717) is 11.0 Å². The first-order chi connectivity index (χ1) is 7.52. The first kappa shape index (κ1) is 13.4. The molecule has 1 atom stereocenters. The third kappa shape index (κ3) is 4.07. The van der Waals surface area contributed by atoms with Gasteiger partial charge in [0.05, 0.1) is 0 Å². The molecule has 90 valence electrons. The molecule has 4 nitrogen and oxygen atoms in total. The Kier molecular flexibility index (Phi) is 5.17. The Balaban J connectivity index is 2.63. The fraction of sp³-hybridized carbons (Fsp3) is 0.500. The van der Waals surface area contributed by atoms with Crippen LogP contribution in [-0.2, 0) is 0 Å². The smallest absolute Gasteiger partial charge is 0.265 e. The highest BCUT2D eigenvalue weighted by Gasteiger charge is 2.16. The summed E-state index contributed by atoms with van der Waals surface area (Å²) in [6.45, 7) is -0.293. The molecule has 8 heteroatoms. The maximum Gasteiger partial charge on any atom is 0.265 e. The lowest BCUT2D eigenvalue weighted by molar-refractivity contribution is 0.00380. The highest BCUT2D eigenvalue weighted by molar-refractivity contribution is 7.98. The van der Waals surface area contributed by atoms with Crippen LogP contribution in [0, 0.1) is 0 Å². The lowest BCUT2D eigenvalue weighted by Crippen LogP contribution is -2.27. The minimum atomic E-state index is -2.79. The molecule has 1 unspecified atom stereocenters. The molecule has 1 rings (SSSR count). The average molecular weight is 270 g/mol. The van der Waals surface area contributed by atoms with Crippen molar-refractivity contribution in [1.82, 2.24) is 9.97 Å². The molecule has 0 aliphatic rings. The summed E-state index contributed by atoms with van der Waals surface area (Å²) in [5.41, 5.74) is 0. The van der Waals surface area contributed by atoms with Gasteiger partial charge in [0, 0.05) is 12.6 Å². The van der Waals surface area contributed by atoms with E-state index in [0.717, 1.165) is 0 Å². The predicted octanol–water partition coefficient (Wildman–Crippen LogP) is 1.89. The molecule has 1 aromatic rings. The summed E-state index contributed by atoms with van der Waals surface area (Å²) < 4.78 is 24.0. The van der Waals surface area contributed by atoms with Crippen LogP contribution in [0.15, 0.2) is 11.2 Å². The Labute approximate surface area is 100 Å². The number of halogens is 3. The molecule has 1 heterocycles. The zero-order chi connectivity index (χ0) is 12.1. The van der Waals surface area contributed by atoms with Crippen LogP contribution in [-0.4, -0.2) is 40.4 Å². The van der Waals surface area contributed by atoms with Gasteiger partial charge in [-0.25, -0.2) is 18.7 Å². The van der Waals surface area contributed by atoms with Gasteiger partial charge < -0.3 is 10.4 Å². The van der Waals surface area contributed by atoms with Crippen molar-refractivity contribution >= 4 is 29.2 Å². The van der Waals surface area contributed by atoms with Crippen molar-refractivity contribution in [3.05, 3.63) is 11.2 Å². The number of aliphatic hydroxyl groups is 1. The molecule has 0 aliphatic heterocycles. The number of alkyl halides is 2. The van der Waals surface area contributed by atoms with E-state index in [-0.39, 0.29) is 11.7 Å². The third-order valence-corrected chi connectivity index (χ3v) is 2.38. The second-order valence-corrected chi connectivity index (χ2v) is 4.01. The number of thioether (sulfide) groups is 1. The number of anilines is 1. The molecule has 0 aromatic carbocycles. The van der Waals surface area contributed by atoms with E-state index in [1.165, 1.54) is 17.8 Å². The van der Waals surface area contributed by atoms with Crippen molar-refractivity contribution in [2.24, 2.45) is 0 Å². The number of nitrogens with zero attached hydrogens (tertiary/aromatic N) is 2. The Morgan fingerprint density at radius 3 is 2.81 bits per heavy atom. The van der Waals surface area contributed by atoms with E-state index in [4.69, 9.17) is 16.7 Å². The minimum absolute atomic E-state index is 0.216. The van der Waals surface area contributed by atoms with E-state index < -0.39 is 12.5 Å². The van der Waals surface area contributed by atoms with Gasteiger partial charge in [-0.2, -0.15) is 0 Å². The van der Waals surface area contributed by atoms with Crippen LogP contribution in [0.5, 0.6) is 0 Å². The van der Waals surface area contributed by atoms with Crippen LogP contribution in [0.1, 0.15) is 0 Å². The Bertz CT molecular complexity index is 356. The first-order valence-corrected chi connectivity index (χ1v) is 5.92.